The quantitative estimate of drug-likeness (QED) is 0.907. The third-order valence-electron chi connectivity index (χ3n) is 2.32. The topological polar surface area (TPSA) is 80.5 Å². The van der Waals surface area contributed by atoms with Crippen LogP contribution in [0, 0.1) is 5.82 Å². The van der Waals surface area contributed by atoms with E-state index in [1.165, 1.54) is 0 Å². The number of sulfonamides is 1. The molecule has 1 aromatic rings. The predicted octanol–water partition coefficient (Wildman–Crippen LogP) is 1.46. The van der Waals surface area contributed by atoms with Gasteiger partial charge in [-0.2, -0.15) is 0 Å². The molecule has 0 unspecified atom stereocenters. The van der Waals surface area contributed by atoms with E-state index in [4.69, 9.17) is 16.7 Å². The third-order valence-corrected chi connectivity index (χ3v) is 3.69. The van der Waals surface area contributed by atoms with E-state index in [9.17, 15) is 26.4 Å². The molecule has 20 heavy (non-hydrogen) atoms. The van der Waals surface area contributed by atoms with E-state index >= 15 is 0 Å². The lowest BCUT2D eigenvalue weighted by Gasteiger charge is -2.17. The lowest BCUT2D eigenvalue weighted by atomic mass is 10.2. The first-order valence-electron chi connectivity index (χ1n) is 5.09. The number of nitrogens with zero attached hydrogens (tertiary/aromatic N) is 1. The van der Waals surface area contributed by atoms with E-state index in [0.29, 0.717) is 17.0 Å². The Labute approximate surface area is 118 Å². The Morgan fingerprint density at radius 1 is 1.45 bits per heavy atom. The van der Waals surface area contributed by atoms with Crippen LogP contribution < -0.4 is 5.14 Å². The molecule has 5 nitrogen and oxygen atoms in total. The standard InChI is InChI=1S/C10H10ClF3N2O3S/c1-16(4-9(13)14)10(17)5-2-8(20(15,18)19)6(11)3-7(5)12/h2-3,9H,4H2,1H3,(H2,15,18,19). The summed E-state index contributed by atoms with van der Waals surface area (Å²) in [5, 5.41) is 4.35. The van der Waals surface area contributed by atoms with E-state index < -0.39 is 50.2 Å². The third kappa shape index (κ3) is 3.84. The number of amides is 1. The highest BCUT2D eigenvalue weighted by Gasteiger charge is 2.23. The summed E-state index contributed by atoms with van der Waals surface area (Å²) in [6, 6.07) is 1.21. The number of carbonyl (C=O) groups excluding carboxylic acids is 1. The van der Waals surface area contributed by atoms with Crippen molar-refractivity contribution in [2.45, 2.75) is 11.3 Å². The molecule has 2 N–H and O–H groups in total. The van der Waals surface area contributed by atoms with E-state index in [0.717, 1.165) is 7.05 Å². The van der Waals surface area contributed by atoms with Gasteiger partial charge in [0.05, 0.1) is 17.1 Å². The first kappa shape index (κ1) is 16.7. The van der Waals surface area contributed by atoms with Gasteiger partial charge in [-0.3, -0.25) is 4.79 Å². The minimum Gasteiger partial charge on any atom is -0.336 e. The van der Waals surface area contributed by atoms with Gasteiger partial charge in [-0.25, -0.2) is 26.7 Å². The average molecular weight is 331 g/mol. The lowest BCUT2D eigenvalue weighted by molar-refractivity contribution is 0.0616. The van der Waals surface area contributed by atoms with Crippen LogP contribution >= 0.6 is 11.6 Å². The van der Waals surface area contributed by atoms with Crippen LogP contribution in [0.4, 0.5) is 13.2 Å². The van der Waals surface area contributed by atoms with Gasteiger partial charge in [-0.1, -0.05) is 11.6 Å². The maximum absolute atomic E-state index is 13.6. The van der Waals surface area contributed by atoms with E-state index in [1.54, 1.807) is 0 Å². The van der Waals surface area contributed by atoms with Crippen molar-refractivity contribution < 1.29 is 26.4 Å². The molecule has 1 rings (SSSR count). The van der Waals surface area contributed by atoms with Crippen LogP contribution in [-0.4, -0.2) is 39.2 Å². The Kier molecular flexibility index (Phi) is 5.00. The predicted molar refractivity (Wildman–Crippen MR) is 65.7 cm³/mol. The van der Waals surface area contributed by atoms with Crippen molar-refractivity contribution in [1.82, 2.24) is 4.90 Å². The molecule has 1 amide bonds. The van der Waals surface area contributed by atoms with E-state index in [2.05, 4.69) is 0 Å². The van der Waals surface area contributed by atoms with Crippen LogP contribution in [0.25, 0.3) is 0 Å². The fraction of sp³-hybridized carbons (Fsp3) is 0.300. The van der Waals surface area contributed by atoms with Gasteiger partial charge in [0.25, 0.3) is 12.3 Å². The van der Waals surface area contributed by atoms with Crippen molar-refractivity contribution in [3.05, 3.63) is 28.5 Å². The average Bonchev–Trinajstić information content (AvgIpc) is 2.25. The first-order chi connectivity index (χ1) is 9.04. The molecule has 0 spiro atoms. The number of nitrogens with two attached hydrogens (primary N) is 1. The van der Waals surface area contributed by atoms with Crippen LogP contribution in [-0.2, 0) is 10.0 Å². The van der Waals surface area contributed by atoms with E-state index in [-0.39, 0.29) is 0 Å². The van der Waals surface area contributed by atoms with Crippen molar-refractivity contribution >= 4 is 27.5 Å². The molecule has 0 heterocycles. The molecule has 0 aliphatic heterocycles. The minimum atomic E-state index is -4.27. The second kappa shape index (κ2) is 5.98. The number of hydrogen-bond acceptors (Lipinski definition) is 3. The van der Waals surface area contributed by atoms with Crippen LogP contribution in [0.1, 0.15) is 10.4 Å². The molecular formula is C10H10ClF3N2O3S. The summed E-state index contributed by atoms with van der Waals surface area (Å²) >= 11 is 5.51. The van der Waals surface area contributed by atoms with Crippen molar-refractivity contribution in [2.24, 2.45) is 5.14 Å². The second-order valence-corrected chi connectivity index (χ2v) is 5.82. The van der Waals surface area contributed by atoms with Crippen LogP contribution in [0.2, 0.25) is 5.02 Å². The van der Waals surface area contributed by atoms with Gasteiger partial charge in [0, 0.05) is 7.05 Å². The molecule has 0 fully saturated rings. The second-order valence-electron chi connectivity index (χ2n) is 3.88. The number of benzene rings is 1. The zero-order valence-electron chi connectivity index (χ0n) is 10.1. The Balaban J connectivity index is 3.29. The summed E-state index contributed by atoms with van der Waals surface area (Å²) in [5.41, 5.74) is -0.707. The van der Waals surface area contributed by atoms with Gasteiger partial charge in [-0.05, 0) is 12.1 Å². The lowest BCUT2D eigenvalue weighted by Crippen LogP contribution is -2.32. The molecule has 1 aromatic carbocycles. The summed E-state index contributed by atoms with van der Waals surface area (Å²) in [7, 11) is -3.25. The maximum atomic E-state index is 13.6. The molecule has 0 atom stereocenters. The first-order valence-corrected chi connectivity index (χ1v) is 7.02. The molecular weight excluding hydrogens is 321 g/mol. The Morgan fingerprint density at radius 3 is 2.45 bits per heavy atom. The molecule has 0 radical (unpaired) electrons. The highest BCUT2D eigenvalue weighted by atomic mass is 35.5. The molecule has 0 aliphatic rings. The van der Waals surface area contributed by atoms with Gasteiger partial charge in [0.2, 0.25) is 10.0 Å². The fourth-order valence-electron chi connectivity index (χ4n) is 1.41. The van der Waals surface area contributed by atoms with Crippen molar-refractivity contribution in [3.63, 3.8) is 0 Å². The molecule has 0 aliphatic carbocycles. The Bertz CT molecular complexity index is 637. The van der Waals surface area contributed by atoms with Crippen molar-refractivity contribution in [3.8, 4) is 0 Å². The maximum Gasteiger partial charge on any atom is 0.256 e. The summed E-state index contributed by atoms with van der Waals surface area (Å²) < 4.78 is 60.4. The zero-order valence-corrected chi connectivity index (χ0v) is 11.7. The normalized spacial score (nSPS) is 11.8. The van der Waals surface area contributed by atoms with E-state index in [1.807, 2.05) is 0 Å². The summed E-state index contributed by atoms with van der Waals surface area (Å²) in [4.78, 5) is 11.7. The monoisotopic (exact) mass is 330 g/mol. The number of primary sulfonamides is 1. The van der Waals surface area contributed by atoms with Crippen LogP contribution in [0.15, 0.2) is 17.0 Å². The molecule has 112 valence electrons. The van der Waals surface area contributed by atoms with Gasteiger partial charge in [0.15, 0.2) is 0 Å². The smallest absolute Gasteiger partial charge is 0.256 e. The molecule has 10 heteroatoms. The van der Waals surface area contributed by atoms with Crippen molar-refractivity contribution in [2.75, 3.05) is 13.6 Å². The number of rotatable bonds is 4. The summed E-state index contributed by atoms with van der Waals surface area (Å²) in [6.45, 7) is -0.925. The molecule has 0 bridgehead atoms. The Hall–Kier alpha value is -1.32. The molecule has 0 saturated carbocycles. The van der Waals surface area contributed by atoms with Gasteiger partial charge in [0.1, 0.15) is 10.7 Å². The minimum absolute atomic E-state index is 0.502. The molecule has 0 aromatic heterocycles. The number of carbonyl (C=O) groups is 1. The fourth-order valence-corrected chi connectivity index (χ4v) is 2.49. The van der Waals surface area contributed by atoms with Crippen LogP contribution in [0.5, 0.6) is 0 Å². The van der Waals surface area contributed by atoms with Gasteiger partial charge < -0.3 is 4.90 Å². The van der Waals surface area contributed by atoms with Gasteiger partial charge >= 0.3 is 0 Å². The number of halogens is 4. The number of hydrogen-bond donors (Lipinski definition) is 1. The Morgan fingerprint density at radius 2 is 2.00 bits per heavy atom. The van der Waals surface area contributed by atoms with Crippen LogP contribution in [0.3, 0.4) is 0 Å². The van der Waals surface area contributed by atoms with Crippen molar-refractivity contribution in [1.29, 1.82) is 0 Å². The largest absolute Gasteiger partial charge is 0.336 e. The summed E-state index contributed by atoms with van der Waals surface area (Å²) in [5.74, 6) is -2.24. The highest BCUT2D eigenvalue weighted by molar-refractivity contribution is 7.89. The van der Waals surface area contributed by atoms with Gasteiger partial charge in [-0.15, -0.1) is 0 Å². The zero-order chi connectivity index (χ0) is 15.7. The number of alkyl halides is 2. The molecule has 0 saturated heterocycles. The highest BCUT2D eigenvalue weighted by Crippen LogP contribution is 2.25. The summed E-state index contributed by atoms with van der Waals surface area (Å²) in [6.07, 6.45) is -2.81. The SMILES string of the molecule is CN(CC(F)F)C(=O)c1cc(S(N)(=O)=O)c(Cl)cc1F.